The quantitative estimate of drug-likeness (QED) is 0.337. The summed E-state index contributed by atoms with van der Waals surface area (Å²) >= 11 is 6.39. The predicted octanol–water partition coefficient (Wildman–Crippen LogP) is 5.03. The zero-order valence-corrected chi connectivity index (χ0v) is 18.3. The molecular weight excluding hydrogens is 445 g/mol. The fraction of sp³-hybridized carbons (Fsp3) is 0.125. The summed E-state index contributed by atoms with van der Waals surface area (Å²) in [6, 6.07) is 16.8. The molecule has 0 unspecified atom stereocenters. The van der Waals surface area contributed by atoms with Crippen LogP contribution in [0.5, 0.6) is 5.75 Å². The fourth-order valence-corrected chi connectivity index (χ4v) is 3.44. The van der Waals surface area contributed by atoms with Gasteiger partial charge in [-0.15, -0.1) is 0 Å². The van der Waals surface area contributed by atoms with Crippen LogP contribution in [0, 0.1) is 5.82 Å². The van der Waals surface area contributed by atoms with Crippen molar-refractivity contribution in [3.63, 3.8) is 0 Å². The number of carbonyl (C=O) groups is 1. The van der Waals surface area contributed by atoms with Crippen molar-refractivity contribution in [3.8, 4) is 5.75 Å². The molecule has 3 aromatic carbocycles. The molecule has 0 spiro atoms. The van der Waals surface area contributed by atoms with E-state index in [1.807, 2.05) is 0 Å². The van der Waals surface area contributed by atoms with Crippen LogP contribution in [0.2, 0.25) is 5.02 Å². The average molecular weight is 466 g/mol. The number of nitrogens with two attached hydrogens (primary N) is 1. The molecule has 0 radical (unpaired) electrons. The lowest BCUT2D eigenvalue weighted by molar-refractivity contribution is -0.116. The number of rotatable bonds is 8. The van der Waals surface area contributed by atoms with Crippen LogP contribution in [-0.4, -0.2) is 22.4 Å². The minimum atomic E-state index is -0.319. The molecule has 1 amide bonds. The van der Waals surface area contributed by atoms with Gasteiger partial charge in [0.2, 0.25) is 5.91 Å². The smallest absolute Gasteiger partial charge is 0.225 e. The van der Waals surface area contributed by atoms with E-state index in [1.54, 1.807) is 48.5 Å². The number of nitrogens with zero attached hydrogens (tertiary/aromatic N) is 2. The Morgan fingerprint density at radius 1 is 1.06 bits per heavy atom. The minimum absolute atomic E-state index is 0.163. The van der Waals surface area contributed by atoms with Gasteiger partial charge in [-0.3, -0.25) is 4.79 Å². The minimum Gasteiger partial charge on any atom is -0.487 e. The summed E-state index contributed by atoms with van der Waals surface area (Å²) in [7, 11) is 0. The topological polar surface area (TPSA) is 102 Å². The lowest BCUT2D eigenvalue weighted by Gasteiger charge is -2.12. The molecule has 0 aliphatic carbocycles. The molecule has 0 bridgehead atoms. The molecule has 168 valence electrons. The zero-order valence-electron chi connectivity index (χ0n) is 17.5. The summed E-state index contributed by atoms with van der Waals surface area (Å²) in [6.45, 7) is 0.470. The van der Waals surface area contributed by atoms with E-state index in [0.29, 0.717) is 39.0 Å². The number of carbonyl (C=O) groups excluding carboxylic acids is 1. The molecule has 0 aliphatic rings. The third-order valence-electron chi connectivity index (χ3n) is 4.77. The molecule has 0 saturated carbocycles. The second-order valence-corrected chi connectivity index (χ2v) is 7.64. The van der Waals surface area contributed by atoms with Crippen molar-refractivity contribution in [1.82, 2.24) is 9.97 Å². The van der Waals surface area contributed by atoms with Gasteiger partial charge in [0.1, 0.15) is 30.3 Å². The van der Waals surface area contributed by atoms with E-state index in [4.69, 9.17) is 22.1 Å². The third kappa shape index (κ3) is 5.74. The van der Waals surface area contributed by atoms with Crippen LogP contribution in [-0.2, 0) is 11.4 Å². The molecule has 4 N–H and O–H groups in total. The lowest BCUT2D eigenvalue weighted by Crippen LogP contribution is -2.16. The van der Waals surface area contributed by atoms with Gasteiger partial charge in [-0.25, -0.2) is 14.4 Å². The van der Waals surface area contributed by atoms with Gasteiger partial charge in [0.25, 0.3) is 0 Å². The van der Waals surface area contributed by atoms with Gasteiger partial charge in [-0.2, -0.15) is 0 Å². The van der Waals surface area contributed by atoms with E-state index < -0.39 is 0 Å². The summed E-state index contributed by atoms with van der Waals surface area (Å²) in [5, 5.41) is 7.16. The summed E-state index contributed by atoms with van der Waals surface area (Å²) in [6.07, 6.45) is 1.69. The van der Waals surface area contributed by atoms with Crippen LogP contribution in [0.15, 0.2) is 67.0 Å². The van der Waals surface area contributed by atoms with Crippen LogP contribution in [0.1, 0.15) is 12.0 Å². The van der Waals surface area contributed by atoms with Gasteiger partial charge < -0.3 is 21.1 Å². The molecule has 4 aromatic rings. The van der Waals surface area contributed by atoms with Gasteiger partial charge in [-0.1, -0.05) is 23.7 Å². The number of ether oxygens (including phenoxy) is 1. The van der Waals surface area contributed by atoms with Crippen LogP contribution in [0.3, 0.4) is 0 Å². The Hall–Kier alpha value is -3.75. The van der Waals surface area contributed by atoms with Gasteiger partial charge in [0.05, 0.1) is 10.5 Å². The summed E-state index contributed by atoms with van der Waals surface area (Å²) < 4.78 is 19.1. The predicted molar refractivity (Wildman–Crippen MR) is 127 cm³/mol. The Bertz CT molecular complexity index is 1300. The highest BCUT2D eigenvalue weighted by atomic mass is 35.5. The lowest BCUT2D eigenvalue weighted by atomic mass is 10.2. The second kappa shape index (κ2) is 10.2. The number of fused-ring (bicyclic) bond motifs is 1. The maximum absolute atomic E-state index is 13.3. The Morgan fingerprint density at radius 2 is 1.91 bits per heavy atom. The number of hydrogen-bond acceptors (Lipinski definition) is 6. The Kier molecular flexibility index (Phi) is 6.97. The van der Waals surface area contributed by atoms with Gasteiger partial charge in [0.15, 0.2) is 0 Å². The highest BCUT2D eigenvalue weighted by molar-refractivity contribution is 6.32. The highest BCUT2D eigenvalue weighted by Gasteiger charge is 2.10. The van der Waals surface area contributed by atoms with E-state index in [0.717, 1.165) is 5.39 Å². The van der Waals surface area contributed by atoms with Gasteiger partial charge in [-0.05, 0) is 54.1 Å². The average Bonchev–Trinajstić information content (AvgIpc) is 2.79. The third-order valence-corrected chi connectivity index (χ3v) is 5.06. The van der Waals surface area contributed by atoms with Crippen molar-refractivity contribution >= 4 is 45.6 Å². The van der Waals surface area contributed by atoms with Crippen molar-refractivity contribution < 1.29 is 13.9 Å². The maximum Gasteiger partial charge on any atom is 0.225 e. The summed E-state index contributed by atoms with van der Waals surface area (Å²) in [4.78, 5) is 20.5. The van der Waals surface area contributed by atoms with E-state index in [9.17, 15) is 9.18 Å². The van der Waals surface area contributed by atoms with E-state index >= 15 is 0 Å². The first-order valence-corrected chi connectivity index (χ1v) is 10.6. The van der Waals surface area contributed by atoms with Gasteiger partial charge >= 0.3 is 0 Å². The van der Waals surface area contributed by atoms with Crippen LogP contribution >= 0.6 is 11.6 Å². The van der Waals surface area contributed by atoms with Crippen molar-refractivity contribution in [2.75, 3.05) is 17.2 Å². The van der Waals surface area contributed by atoms with Crippen LogP contribution in [0.25, 0.3) is 10.9 Å². The van der Waals surface area contributed by atoms with Crippen molar-refractivity contribution in [2.45, 2.75) is 13.0 Å². The number of benzene rings is 3. The largest absolute Gasteiger partial charge is 0.487 e. The van der Waals surface area contributed by atoms with E-state index in [1.165, 1.54) is 18.5 Å². The van der Waals surface area contributed by atoms with Crippen LogP contribution < -0.4 is 21.1 Å². The summed E-state index contributed by atoms with van der Waals surface area (Å²) in [5.41, 5.74) is 8.17. The Balaban J connectivity index is 1.51. The molecule has 33 heavy (non-hydrogen) atoms. The van der Waals surface area contributed by atoms with Crippen molar-refractivity contribution in [3.05, 3.63) is 83.4 Å². The molecule has 0 aliphatic heterocycles. The molecule has 4 rings (SSSR count). The first-order chi connectivity index (χ1) is 16.0. The molecular formula is C24H21ClFN5O2. The van der Waals surface area contributed by atoms with Crippen molar-refractivity contribution in [1.29, 1.82) is 0 Å². The van der Waals surface area contributed by atoms with Crippen molar-refractivity contribution in [2.24, 2.45) is 5.73 Å². The first-order valence-electron chi connectivity index (χ1n) is 10.2. The standard InChI is InChI=1S/C24H21ClFN5O2/c25-20-12-18(5-7-22(20)33-13-15-2-1-3-16(26)10-15)31-24-19-11-17(30-23(32)8-9-27)4-6-21(19)28-14-29-24/h1-7,10-12,14H,8-9,13,27H2,(H,30,32)(H,28,29,31). The Labute approximate surface area is 194 Å². The molecule has 1 aromatic heterocycles. The van der Waals surface area contributed by atoms with E-state index in [2.05, 4.69) is 20.6 Å². The number of anilines is 3. The zero-order chi connectivity index (χ0) is 23.2. The second-order valence-electron chi connectivity index (χ2n) is 7.23. The number of nitrogens with one attached hydrogen (secondary N) is 2. The normalized spacial score (nSPS) is 10.8. The molecule has 7 nitrogen and oxygen atoms in total. The molecule has 0 atom stereocenters. The van der Waals surface area contributed by atoms with Gasteiger partial charge in [0, 0.05) is 29.7 Å². The first kappa shape index (κ1) is 22.4. The Morgan fingerprint density at radius 3 is 2.70 bits per heavy atom. The number of amides is 1. The molecule has 0 saturated heterocycles. The molecule has 0 fully saturated rings. The van der Waals surface area contributed by atoms with Crippen LogP contribution in [0.4, 0.5) is 21.6 Å². The molecule has 9 heteroatoms. The monoisotopic (exact) mass is 465 g/mol. The SMILES string of the molecule is NCCC(=O)Nc1ccc2ncnc(Nc3ccc(OCc4cccc(F)c4)c(Cl)c3)c2c1. The fourth-order valence-electron chi connectivity index (χ4n) is 3.21. The number of halogens is 2. The maximum atomic E-state index is 13.3. The van der Waals surface area contributed by atoms with E-state index in [-0.39, 0.29) is 31.3 Å². The number of aromatic nitrogens is 2. The molecule has 1 heterocycles. The summed E-state index contributed by atoms with van der Waals surface area (Å²) in [5.74, 6) is 0.549. The highest BCUT2D eigenvalue weighted by Crippen LogP contribution is 2.31. The number of hydrogen-bond donors (Lipinski definition) is 3.